The molecule has 0 amide bonds. The van der Waals surface area contributed by atoms with Crippen molar-refractivity contribution in [2.24, 2.45) is 5.73 Å². The molecule has 1 aromatic carbocycles. The van der Waals surface area contributed by atoms with Gasteiger partial charge in [0.2, 0.25) is 0 Å². The van der Waals surface area contributed by atoms with E-state index in [4.69, 9.17) is 5.73 Å². The minimum absolute atomic E-state index is 0.229. The first kappa shape index (κ1) is 11.6. The zero-order valence-corrected chi connectivity index (χ0v) is 10.1. The lowest BCUT2D eigenvalue weighted by Gasteiger charge is -2.24. The number of hydrogen-bond donors (Lipinski definition) is 2. The van der Waals surface area contributed by atoms with Gasteiger partial charge in [-0.1, -0.05) is 24.3 Å². The molecule has 1 fully saturated rings. The average Bonchev–Trinajstić information content (AvgIpc) is 3.09. The van der Waals surface area contributed by atoms with E-state index in [1.807, 2.05) is 19.1 Å². The van der Waals surface area contributed by atoms with E-state index in [9.17, 15) is 0 Å². The van der Waals surface area contributed by atoms with Crippen LogP contribution in [-0.4, -0.2) is 25.6 Å². The molecule has 0 spiro atoms. The summed E-state index contributed by atoms with van der Waals surface area (Å²) in [5.41, 5.74) is 12.1. The van der Waals surface area contributed by atoms with E-state index in [0.717, 1.165) is 5.92 Å². The fraction of sp³-hybridized carbons (Fsp3) is 0.538. The molecule has 0 aromatic heterocycles. The van der Waals surface area contributed by atoms with Gasteiger partial charge >= 0.3 is 0 Å². The second kappa shape index (κ2) is 4.95. The van der Waals surface area contributed by atoms with E-state index in [0.29, 0.717) is 6.54 Å². The molecule has 3 N–H and O–H groups in total. The number of hydrogen-bond acceptors (Lipinski definition) is 3. The molecule has 1 aliphatic carbocycles. The molecule has 1 saturated carbocycles. The highest BCUT2D eigenvalue weighted by molar-refractivity contribution is 5.35. The number of rotatable bonds is 5. The van der Waals surface area contributed by atoms with Crippen molar-refractivity contribution in [3.63, 3.8) is 0 Å². The topological polar surface area (TPSA) is 41.3 Å². The summed E-state index contributed by atoms with van der Waals surface area (Å²) < 4.78 is 0. The lowest BCUT2D eigenvalue weighted by molar-refractivity contribution is 0.245. The van der Waals surface area contributed by atoms with Crippen LogP contribution in [0.5, 0.6) is 0 Å². The summed E-state index contributed by atoms with van der Waals surface area (Å²) in [7, 11) is 4.00. The van der Waals surface area contributed by atoms with Gasteiger partial charge in [-0.3, -0.25) is 0 Å². The van der Waals surface area contributed by atoms with Gasteiger partial charge in [-0.05, 0) is 29.9 Å². The number of benzene rings is 1. The fourth-order valence-electron chi connectivity index (χ4n) is 2.16. The Hall–Kier alpha value is -0.900. The number of nitrogens with one attached hydrogen (secondary N) is 1. The molecule has 88 valence electrons. The number of hydrazine groups is 1. The Morgan fingerprint density at radius 1 is 1.38 bits per heavy atom. The van der Waals surface area contributed by atoms with Crippen LogP contribution < -0.4 is 11.2 Å². The SMILES string of the molecule is CN(C)NC(CN)c1ccccc1C1CC1. The zero-order chi connectivity index (χ0) is 11.5. The molecular weight excluding hydrogens is 198 g/mol. The predicted octanol–water partition coefficient (Wildman–Crippen LogP) is 1.63. The number of nitrogens with two attached hydrogens (primary N) is 1. The van der Waals surface area contributed by atoms with Crippen molar-refractivity contribution < 1.29 is 0 Å². The molecule has 0 saturated heterocycles. The molecule has 0 heterocycles. The average molecular weight is 219 g/mol. The molecule has 0 bridgehead atoms. The van der Waals surface area contributed by atoms with Gasteiger partial charge in [0.25, 0.3) is 0 Å². The van der Waals surface area contributed by atoms with Gasteiger partial charge in [0, 0.05) is 20.6 Å². The monoisotopic (exact) mass is 219 g/mol. The van der Waals surface area contributed by atoms with Crippen LogP contribution in [0.3, 0.4) is 0 Å². The van der Waals surface area contributed by atoms with Gasteiger partial charge in [0.05, 0.1) is 6.04 Å². The third-order valence-corrected chi connectivity index (χ3v) is 3.04. The smallest absolute Gasteiger partial charge is 0.0589 e. The summed E-state index contributed by atoms with van der Waals surface area (Å²) in [4.78, 5) is 0. The van der Waals surface area contributed by atoms with Crippen LogP contribution in [-0.2, 0) is 0 Å². The summed E-state index contributed by atoms with van der Waals surface area (Å²) in [6.07, 6.45) is 2.66. The first-order chi connectivity index (χ1) is 7.72. The van der Waals surface area contributed by atoms with E-state index in [2.05, 4.69) is 29.7 Å². The molecule has 3 nitrogen and oxygen atoms in total. The molecule has 1 atom stereocenters. The second-order valence-corrected chi connectivity index (χ2v) is 4.72. The minimum Gasteiger partial charge on any atom is -0.329 e. The first-order valence-electron chi connectivity index (χ1n) is 5.94. The quantitative estimate of drug-likeness (QED) is 0.740. The van der Waals surface area contributed by atoms with Gasteiger partial charge in [-0.25, -0.2) is 10.4 Å². The Labute approximate surface area is 97.6 Å². The van der Waals surface area contributed by atoms with Gasteiger partial charge < -0.3 is 5.73 Å². The van der Waals surface area contributed by atoms with Crippen LogP contribution in [0.1, 0.15) is 35.9 Å². The predicted molar refractivity (Wildman–Crippen MR) is 67.0 cm³/mol. The summed E-state index contributed by atoms with van der Waals surface area (Å²) in [5, 5.41) is 1.97. The highest BCUT2D eigenvalue weighted by Crippen LogP contribution is 2.42. The van der Waals surface area contributed by atoms with E-state index >= 15 is 0 Å². The standard InChI is InChI=1S/C13H21N3/c1-16(2)15-13(9-14)12-6-4-3-5-11(12)10-7-8-10/h3-6,10,13,15H,7-9,14H2,1-2H3. The maximum Gasteiger partial charge on any atom is 0.0589 e. The molecule has 0 aliphatic heterocycles. The third kappa shape index (κ3) is 2.61. The Bertz CT molecular complexity index is 345. The van der Waals surface area contributed by atoms with Crippen LogP contribution in [0.4, 0.5) is 0 Å². The maximum absolute atomic E-state index is 5.85. The molecule has 1 unspecified atom stereocenters. The summed E-state index contributed by atoms with van der Waals surface area (Å²) in [5.74, 6) is 0.772. The van der Waals surface area contributed by atoms with Crippen LogP contribution in [0.2, 0.25) is 0 Å². The Kier molecular flexibility index (Phi) is 3.59. The molecule has 1 aliphatic rings. The van der Waals surface area contributed by atoms with Gasteiger partial charge in [0.1, 0.15) is 0 Å². The van der Waals surface area contributed by atoms with Gasteiger partial charge in [-0.2, -0.15) is 0 Å². The van der Waals surface area contributed by atoms with E-state index < -0.39 is 0 Å². The van der Waals surface area contributed by atoms with Crippen molar-refractivity contribution in [2.45, 2.75) is 24.8 Å². The Morgan fingerprint density at radius 3 is 2.62 bits per heavy atom. The zero-order valence-electron chi connectivity index (χ0n) is 10.1. The molecule has 16 heavy (non-hydrogen) atoms. The summed E-state index contributed by atoms with van der Waals surface area (Å²) >= 11 is 0. The highest BCUT2D eigenvalue weighted by Gasteiger charge is 2.27. The van der Waals surface area contributed by atoms with Gasteiger partial charge in [0.15, 0.2) is 0 Å². The number of nitrogens with zero attached hydrogens (tertiary/aromatic N) is 1. The Balaban J connectivity index is 2.22. The van der Waals surface area contributed by atoms with Crippen molar-refractivity contribution in [1.82, 2.24) is 10.4 Å². The largest absolute Gasteiger partial charge is 0.329 e. The van der Waals surface area contributed by atoms with Crippen molar-refractivity contribution in [3.8, 4) is 0 Å². The van der Waals surface area contributed by atoms with Crippen molar-refractivity contribution >= 4 is 0 Å². The lowest BCUT2D eigenvalue weighted by Crippen LogP contribution is -2.38. The first-order valence-corrected chi connectivity index (χ1v) is 5.94. The second-order valence-electron chi connectivity index (χ2n) is 4.72. The van der Waals surface area contributed by atoms with E-state index in [1.165, 1.54) is 24.0 Å². The lowest BCUT2D eigenvalue weighted by atomic mass is 9.97. The maximum atomic E-state index is 5.85. The van der Waals surface area contributed by atoms with Gasteiger partial charge in [-0.15, -0.1) is 0 Å². The third-order valence-electron chi connectivity index (χ3n) is 3.04. The van der Waals surface area contributed by atoms with E-state index in [-0.39, 0.29) is 6.04 Å². The van der Waals surface area contributed by atoms with E-state index in [1.54, 1.807) is 0 Å². The fourth-order valence-corrected chi connectivity index (χ4v) is 2.16. The molecule has 0 radical (unpaired) electrons. The van der Waals surface area contributed by atoms with Crippen LogP contribution in [0, 0.1) is 0 Å². The van der Waals surface area contributed by atoms with Crippen LogP contribution in [0.25, 0.3) is 0 Å². The van der Waals surface area contributed by atoms with Crippen molar-refractivity contribution in [3.05, 3.63) is 35.4 Å². The molecule has 2 rings (SSSR count). The normalized spacial score (nSPS) is 17.8. The molecule has 3 heteroatoms. The van der Waals surface area contributed by atoms with Crippen LogP contribution in [0.15, 0.2) is 24.3 Å². The Morgan fingerprint density at radius 2 is 2.06 bits per heavy atom. The summed E-state index contributed by atoms with van der Waals surface area (Å²) in [6, 6.07) is 8.89. The summed E-state index contributed by atoms with van der Waals surface area (Å²) in [6.45, 7) is 0.627. The molecule has 1 aromatic rings. The molecular formula is C13H21N3. The minimum atomic E-state index is 0.229. The van der Waals surface area contributed by atoms with Crippen molar-refractivity contribution in [1.29, 1.82) is 0 Å². The van der Waals surface area contributed by atoms with Crippen molar-refractivity contribution in [2.75, 3.05) is 20.6 Å². The highest BCUT2D eigenvalue weighted by atomic mass is 15.5. The van der Waals surface area contributed by atoms with Crippen LogP contribution >= 0.6 is 0 Å².